The van der Waals surface area contributed by atoms with Crippen molar-refractivity contribution in [3.63, 3.8) is 0 Å². The molecule has 0 unspecified atom stereocenters. The highest BCUT2D eigenvalue weighted by molar-refractivity contribution is 6.05. The number of hydrogen-bond donors (Lipinski definition) is 2. The van der Waals surface area contributed by atoms with Gasteiger partial charge in [0.05, 0.1) is 18.0 Å². The van der Waals surface area contributed by atoms with Crippen LogP contribution in [-0.2, 0) is 0 Å². The highest BCUT2D eigenvalue weighted by Crippen LogP contribution is 2.31. The average molecular weight is 593 g/mol. The van der Waals surface area contributed by atoms with E-state index in [9.17, 15) is 14.0 Å². The van der Waals surface area contributed by atoms with Gasteiger partial charge in [0.2, 0.25) is 0 Å². The van der Waals surface area contributed by atoms with Crippen molar-refractivity contribution in [3.8, 4) is 29.2 Å². The van der Waals surface area contributed by atoms with E-state index in [-0.39, 0.29) is 11.8 Å². The van der Waals surface area contributed by atoms with Gasteiger partial charge in [-0.3, -0.25) is 9.59 Å². The molecule has 0 heterocycles. The van der Waals surface area contributed by atoms with Gasteiger partial charge in [-0.25, -0.2) is 4.39 Å². The maximum atomic E-state index is 14.3. The van der Waals surface area contributed by atoms with E-state index in [1.807, 2.05) is 61.5 Å². The first-order valence-corrected chi connectivity index (χ1v) is 14.3. The molecule has 4 aromatic rings. The number of benzene rings is 4. The number of rotatable bonds is 12. The summed E-state index contributed by atoms with van der Waals surface area (Å²) in [6, 6.07) is 24.5. The van der Waals surface area contributed by atoms with E-state index in [0.717, 1.165) is 36.1 Å². The maximum Gasteiger partial charge on any atom is 0.255 e. The molecule has 2 amide bonds. The van der Waals surface area contributed by atoms with E-state index in [1.54, 1.807) is 55.4 Å². The standard InChI is InChI=1S/C36H37FN4O3/c1-6-7-8-9-22-44-34-24-30(19-21-33(34)41(4)5)39-36(43)28-16-12-26(13-17-28)25-10-14-27(15-11-25)35(42)38-29-18-20-32(40(2)3)31(37)23-29/h1,10-21,23-24H,7-9,22H2,2-5H3,(H,38,42)(H,39,43). The zero-order valence-corrected chi connectivity index (χ0v) is 25.5. The summed E-state index contributed by atoms with van der Waals surface area (Å²) < 4.78 is 20.3. The number of unbranched alkanes of at least 4 members (excludes halogenated alkanes) is 2. The van der Waals surface area contributed by atoms with Gasteiger partial charge in [0, 0.05) is 63.2 Å². The van der Waals surface area contributed by atoms with E-state index in [2.05, 4.69) is 16.6 Å². The van der Waals surface area contributed by atoms with Gasteiger partial charge < -0.3 is 25.2 Å². The van der Waals surface area contributed by atoms with Gasteiger partial charge in [0.25, 0.3) is 11.8 Å². The first kappa shape index (κ1) is 31.6. The van der Waals surface area contributed by atoms with Crippen LogP contribution in [0.5, 0.6) is 5.75 Å². The Balaban J connectivity index is 1.38. The summed E-state index contributed by atoms with van der Waals surface area (Å²) in [5.41, 5.74) is 5.10. The number of nitrogens with one attached hydrogen (secondary N) is 2. The highest BCUT2D eigenvalue weighted by Gasteiger charge is 2.13. The van der Waals surface area contributed by atoms with E-state index in [0.29, 0.717) is 40.5 Å². The molecule has 0 aromatic heterocycles. The van der Waals surface area contributed by atoms with Gasteiger partial charge in [0.15, 0.2) is 0 Å². The Morgan fingerprint density at radius 3 is 1.70 bits per heavy atom. The van der Waals surface area contributed by atoms with Crippen molar-refractivity contribution in [3.05, 3.63) is 102 Å². The number of hydrogen-bond acceptors (Lipinski definition) is 5. The molecular formula is C36H37FN4O3. The molecule has 4 aromatic carbocycles. The topological polar surface area (TPSA) is 73.9 Å². The summed E-state index contributed by atoms with van der Waals surface area (Å²) in [4.78, 5) is 29.4. The number of terminal acetylenes is 1. The lowest BCUT2D eigenvalue weighted by Gasteiger charge is -2.19. The van der Waals surface area contributed by atoms with Crippen molar-refractivity contribution in [1.29, 1.82) is 0 Å². The van der Waals surface area contributed by atoms with Crippen LogP contribution in [0, 0.1) is 18.2 Å². The van der Waals surface area contributed by atoms with Crippen LogP contribution in [0.25, 0.3) is 11.1 Å². The molecule has 44 heavy (non-hydrogen) atoms. The second-order valence-electron chi connectivity index (χ2n) is 10.7. The Bertz CT molecular complexity index is 1640. The summed E-state index contributed by atoms with van der Waals surface area (Å²) in [7, 11) is 7.39. The Labute approximate surface area is 258 Å². The molecule has 7 nitrogen and oxygen atoms in total. The number of carbonyl (C=O) groups excluding carboxylic acids is 2. The molecule has 2 N–H and O–H groups in total. The molecule has 226 valence electrons. The molecule has 8 heteroatoms. The van der Waals surface area contributed by atoms with E-state index in [1.165, 1.54) is 6.07 Å². The van der Waals surface area contributed by atoms with Crippen molar-refractivity contribution < 1.29 is 18.7 Å². The van der Waals surface area contributed by atoms with Gasteiger partial charge in [-0.15, -0.1) is 12.3 Å². The van der Waals surface area contributed by atoms with E-state index < -0.39 is 5.82 Å². The van der Waals surface area contributed by atoms with Crippen LogP contribution in [0.1, 0.15) is 40.0 Å². The molecule has 0 radical (unpaired) electrons. The average Bonchev–Trinajstić information content (AvgIpc) is 3.01. The summed E-state index contributed by atoms with van der Waals surface area (Å²) in [5, 5.41) is 5.69. The van der Waals surface area contributed by atoms with E-state index in [4.69, 9.17) is 11.2 Å². The van der Waals surface area contributed by atoms with Crippen LogP contribution in [0.2, 0.25) is 0 Å². The fourth-order valence-electron chi connectivity index (χ4n) is 4.57. The fraction of sp³-hybridized carbons (Fsp3) is 0.222. The van der Waals surface area contributed by atoms with Crippen LogP contribution < -0.4 is 25.2 Å². The van der Waals surface area contributed by atoms with Gasteiger partial charge in [-0.2, -0.15) is 0 Å². The minimum Gasteiger partial charge on any atom is -0.491 e. The van der Waals surface area contributed by atoms with Crippen LogP contribution in [0.15, 0.2) is 84.9 Å². The van der Waals surface area contributed by atoms with Gasteiger partial charge in [-0.1, -0.05) is 24.3 Å². The second-order valence-corrected chi connectivity index (χ2v) is 10.7. The Hall–Kier alpha value is -5.29. The lowest BCUT2D eigenvalue weighted by atomic mass is 10.0. The van der Waals surface area contributed by atoms with Crippen molar-refractivity contribution in [2.24, 2.45) is 0 Å². The Kier molecular flexibility index (Phi) is 10.6. The summed E-state index contributed by atoms with van der Waals surface area (Å²) in [5.74, 6) is 2.34. The molecule has 0 aliphatic carbocycles. The van der Waals surface area contributed by atoms with Crippen LogP contribution >= 0.6 is 0 Å². The minimum atomic E-state index is -0.413. The first-order valence-electron chi connectivity index (χ1n) is 14.3. The lowest BCUT2D eigenvalue weighted by molar-refractivity contribution is 0.101. The molecule has 0 atom stereocenters. The molecule has 0 saturated carbocycles. The lowest BCUT2D eigenvalue weighted by Crippen LogP contribution is -2.14. The second kappa shape index (κ2) is 14.7. The molecule has 4 rings (SSSR count). The van der Waals surface area contributed by atoms with Crippen LogP contribution in [-0.4, -0.2) is 46.6 Å². The van der Waals surface area contributed by atoms with Crippen LogP contribution in [0.4, 0.5) is 27.1 Å². The zero-order valence-electron chi connectivity index (χ0n) is 25.5. The predicted molar refractivity (Wildman–Crippen MR) is 177 cm³/mol. The number of nitrogens with zero attached hydrogens (tertiary/aromatic N) is 2. The number of amides is 2. The van der Waals surface area contributed by atoms with Crippen molar-refractivity contribution in [2.75, 3.05) is 55.2 Å². The van der Waals surface area contributed by atoms with Crippen molar-refractivity contribution in [2.45, 2.75) is 19.3 Å². The molecular weight excluding hydrogens is 555 g/mol. The van der Waals surface area contributed by atoms with Gasteiger partial charge >= 0.3 is 0 Å². The van der Waals surface area contributed by atoms with Crippen molar-refractivity contribution in [1.82, 2.24) is 0 Å². The van der Waals surface area contributed by atoms with E-state index >= 15 is 0 Å². The smallest absolute Gasteiger partial charge is 0.255 e. The zero-order chi connectivity index (χ0) is 31.6. The molecule has 0 aliphatic heterocycles. The highest BCUT2D eigenvalue weighted by atomic mass is 19.1. The maximum absolute atomic E-state index is 14.3. The monoisotopic (exact) mass is 592 g/mol. The Morgan fingerprint density at radius 1 is 0.727 bits per heavy atom. The largest absolute Gasteiger partial charge is 0.491 e. The summed E-state index contributed by atoms with van der Waals surface area (Å²) >= 11 is 0. The fourth-order valence-corrected chi connectivity index (χ4v) is 4.57. The SMILES string of the molecule is C#CCCCCOc1cc(NC(=O)c2ccc(-c3ccc(C(=O)Nc4ccc(N(C)C)c(F)c4)cc3)cc2)ccc1N(C)C. The third-order valence-electron chi connectivity index (χ3n) is 6.99. The quantitative estimate of drug-likeness (QED) is 0.133. The third kappa shape index (κ3) is 8.17. The minimum absolute atomic E-state index is 0.240. The summed E-state index contributed by atoms with van der Waals surface area (Å²) in [6.45, 7) is 0.540. The molecule has 0 fully saturated rings. The first-order chi connectivity index (χ1) is 21.2. The number of halogens is 1. The molecule has 0 saturated heterocycles. The van der Waals surface area contributed by atoms with Gasteiger partial charge in [0.1, 0.15) is 11.6 Å². The van der Waals surface area contributed by atoms with Crippen molar-refractivity contribution >= 4 is 34.6 Å². The number of anilines is 4. The Morgan fingerprint density at radius 2 is 1.23 bits per heavy atom. The number of ether oxygens (including phenoxy) is 1. The predicted octanol–water partition coefficient (Wildman–Crippen LogP) is 7.31. The number of carbonyl (C=O) groups is 2. The third-order valence-corrected chi connectivity index (χ3v) is 6.99. The summed E-state index contributed by atoms with van der Waals surface area (Å²) in [6.07, 6.45) is 7.79. The normalized spacial score (nSPS) is 10.5. The molecule has 0 spiro atoms. The molecule has 0 bridgehead atoms. The molecule has 0 aliphatic rings. The van der Waals surface area contributed by atoms with Gasteiger partial charge in [-0.05, 0) is 78.6 Å². The van der Waals surface area contributed by atoms with Crippen LogP contribution in [0.3, 0.4) is 0 Å².